The predicted octanol–water partition coefficient (Wildman–Crippen LogP) is 2.90. The molecule has 0 radical (unpaired) electrons. The molecule has 1 aromatic carbocycles. The summed E-state index contributed by atoms with van der Waals surface area (Å²) >= 11 is 6.27. The molecule has 2 rings (SSSR count). The Kier molecular flexibility index (Phi) is 9.09. The van der Waals surface area contributed by atoms with Crippen molar-refractivity contribution in [1.29, 1.82) is 0 Å². The molecule has 1 fully saturated rings. The predicted molar refractivity (Wildman–Crippen MR) is 114 cm³/mol. The van der Waals surface area contributed by atoms with Crippen molar-refractivity contribution in [3.63, 3.8) is 0 Å². The lowest BCUT2D eigenvalue weighted by Gasteiger charge is -2.37. The zero-order valence-corrected chi connectivity index (χ0v) is 18.1. The standard InChI is InChI=1S/C21H32ClN3O3/c1-5-24-9-11-25(12-10-24)16(3)15-23-20(26)8-7-17-13-18(22)21(28-6-2)19(14-17)27-4/h7-8,13-14,16H,5-6,9-12,15H2,1-4H3,(H,23,26)/b8-7+. The van der Waals surface area contributed by atoms with Gasteiger partial charge in [0.25, 0.3) is 0 Å². The third-order valence-electron chi connectivity index (χ3n) is 5.02. The van der Waals surface area contributed by atoms with Gasteiger partial charge in [0.1, 0.15) is 0 Å². The Bertz CT molecular complexity index is 673. The molecular weight excluding hydrogens is 378 g/mol. The van der Waals surface area contributed by atoms with Gasteiger partial charge in [0.15, 0.2) is 11.5 Å². The molecule has 1 aliphatic rings. The Morgan fingerprint density at radius 3 is 2.61 bits per heavy atom. The molecule has 1 unspecified atom stereocenters. The molecule has 1 saturated heterocycles. The van der Waals surface area contributed by atoms with E-state index in [9.17, 15) is 4.79 Å². The van der Waals surface area contributed by atoms with Crippen molar-refractivity contribution in [3.8, 4) is 11.5 Å². The van der Waals surface area contributed by atoms with Gasteiger partial charge in [-0.1, -0.05) is 18.5 Å². The van der Waals surface area contributed by atoms with Gasteiger partial charge in [-0.05, 0) is 44.2 Å². The molecule has 28 heavy (non-hydrogen) atoms. The molecule has 156 valence electrons. The molecule has 1 amide bonds. The van der Waals surface area contributed by atoms with Crippen molar-refractivity contribution >= 4 is 23.6 Å². The van der Waals surface area contributed by atoms with Gasteiger partial charge in [-0.15, -0.1) is 0 Å². The minimum absolute atomic E-state index is 0.122. The fourth-order valence-electron chi connectivity index (χ4n) is 3.25. The molecule has 0 spiro atoms. The maximum atomic E-state index is 12.2. The van der Waals surface area contributed by atoms with Crippen molar-refractivity contribution < 1.29 is 14.3 Å². The van der Waals surface area contributed by atoms with Gasteiger partial charge in [0, 0.05) is 44.8 Å². The van der Waals surface area contributed by atoms with Crippen molar-refractivity contribution in [2.24, 2.45) is 0 Å². The number of piperazine rings is 1. The molecule has 1 aromatic rings. The van der Waals surface area contributed by atoms with Crippen LogP contribution >= 0.6 is 11.6 Å². The van der Waals surface area contributed by atoms with Gasteiger partial charge in [-0.25, -0.2) is 0 Å². The van der Waals surface area contributed by atoms with Crippen LogP contribution in [0.15, 0.2) is 18.2 Å². The summed E-state index contributed by atoms with van der Waals surface area (Å²) in [7, 11) is 1.57. The van der Waals surface area contributed by atoms with Gasteiger partial charge in [-0.3, -0.25) is 9.69 Å². The molecule has 1 N–H and O–H groups in total. The minimum atomic E-state index is -0.122. The van der Waals surface area contributed by atoms with E-state index in [1.807, 2.05) is 6.92 Å². The Morgan fingerprint density at radius 1 is 1.29 bits per heavy atom. The summed E-state index contributed by atoms with van der Waals surface area (Å²) < 4.78 is 10.8. The van der Waals surface area contributed by atoms with E-state index in [1.165, 1.54) is 6.08 Å². The molecule has 0 saturated carbocycles. The van der Waals surface area contributed by atoms with E-state index in [0.29, 0.717) is 35.7 Å². The number of likely N-dealkylation sites (N-methyl/N-ethyl adjacent to an activating group) is 1. The summed E-state index contributed by atoms with van der Waals surface area (Å²) in [6, 6.07) is 3.88. The minimum Gasteiger partial charge on any atom is -0.493 e. The number of rotatable bonds is 9. The number of ether oxygens (including phenoxy) is 2. The molecule has 1 atom stereocenters. The van der Waals surface area contributed by atoms with Crippen LogP contribution in [0.25, 0.3) is 6.08 Å². The van der Waals surface area contributed by atoms with Crippen LogP contribution in [-0.4, -0.2) is 74.7 Å². The largest absolute Gasteiger partial charge is 0.493 e. The quantitative estimate of drug-likeness (QED) is 0.635. The number of hydrogen-bond acceptors (Lipinski definition) is 5. The molecule has 1 aliphatic heterocycles. The van der Waals surface area contributed by atoms with E-state index in [2.05, 4.69) is 29.0 Å². The molecule has 0 bridgehead atoms. The number of amides is 1. The van der Waals surface area contributed by atoms with Crippen LogP contribution in [0, 0.1) is 0 Å². The maximum absolute atomic E-state index is 12.2. The van der Waals surface area contributed by atoms with Gasteiger partial charge in [0.2, 0.25) is 5.91 Å². The SMILES string of the molecule is CCOc1c(Cl)cc(/C=C/C(=O)NCC(C)N2CCN(CC)CC2)cc1OC. The first kappa shape index (κ1) is 22.5. The van der Waals surface area contributed by atoms with Crippen molar-refractivity contribution in [2.45, 2.75) is 26.8 Å². The number of carbonyl (C=O) groups excluding carboxylic acids is 1. The number of carbonyl (C=O) groups is 1. The fraction of sp³-hybridized carbons (Fsp3) is 0.571. The first-order valence-corrected chi connectivity index (χ1v) is 10.3. The first-order chi connectivity index (χ1) is 13.5. The molecular formula is C21H32ClN3O3. The smallest absolute Gasteiger partial charge is 0.244 e. The number of nitrogens with one attached hydrogen (secondary N) is 1. The van der Waals surface area contributed by atoms with Crippen LogP contribution < -0.4 is 14.8 Å². The lowest BCUT2D eigenvalue weighted by Crippen LogP contribution is -2.52. The molecule has 6 nitrogen and oxygen atoms in total. The van der Waals surface area contributed by atoms with Crippen molar-refractivity contribution in [2.75, 3.05) is 53.0 Å². The highest BCUT2D eigenvalue weighted by molar-refractivity contribution is 6.32. The average Bonchev–Trinajstić information content (AvgIpc) is 2.72. The van der Waals surface area contributed by atoms with Gasteiger partial charge in [0.05, 0.1) is 18.7 Å². The number of halogens is 1. The zero-order chi connectivity index (χ0) is 20.5. The summed E-state index contributed by atoms with van der Waals surface area (Å²) in [6.45, 7) is 12.7. The van der Waals surface area contributed by atoms with Gasteiger partial charge >= 0.3 is 0 Å². The third kappa shape index (κ3) is 6.40. The van der Waals surface area contributed by atoms with Crippen LogP contribution in [0.2, 0.25) is 5.02 Å². The fourth-order valence-corrected chi connectivity index (χ4v) is 3.52. The molecule has 0 aliphatic carbocycles. The third-order valence-corrected chi connectivity index (χ3v) is 5.30. The summed E-state index contributed by atoms with van der Waals surface area (Å²) in [6.07, 6.45) is 3.25. The van der Waals surface area contributed by atoms with E-state index in [1.54, 1.807) is 25.3 Å². The highest BCUT2D eigenvalue weighted by atomic mass is 35.5. The highest BCUT2D eigenvalue weighted by Gasteiger charge is 2.20. The molecule has 0 aromatic heterocycles. The summed E-state index contributed by atoms with van der Waals surface area (Å²) in [5.74, 6) is 0.947. The summed E-state index contributed by atoms with van der Waals surface area (Å²) in [4.78, 5) is 17.1. The van der Waals surface area contributed by atoms with Crippen LogP contribution in [0.5, 0.6) is 11.5 Å². The lowest BCUT2D eigenvalue weighted by molar-refractivity contribution is -0.116. The van der Waals surface area contributed by atoms with E-state index < -0.39 is 0 Å². The summed E-state index contributed by atoms with van der Waals surface area (Å²) in [5, 5.41) is 3.44. The van der Waals surface area contributed by atoms with Crippen LogP contribution in [0.3, 0.4) is 0 Å². The second-order valence-electron chi connectivity index (χ2n) is 6.86. The Morgan fingerprint density at radius 2 is 2.00 bits per heavy atom. The van der Waals surface area contributed by atoms with Crippen LogP contribution in [-0.2, 0) is 4.79 Å². The number of benzene rings is 1. The number of methoxy groups -OCH3 is 1. The molecule has 1 heterocycles. The summed E-state index contributed by atoms with van der Waals surface area (Å²) in [5.41, 5.74) is 0.782. The van der Waals surface area contributed by atoms with E-state index in [-0.39, 0.29) is 5.91 Å². The number of nitrogens with zero attached hydrogens (tertiary/aromatic N) is 2. The van der Waals surface area contributed by atoms with Crippen LogP contribution in [0.4, 0.5) is 0 Å². The maximum Gasteiger partial charge on any atom is 0.244 e. The number of hydrogen-bond donors (Lipinski definition) is 1. The van der Waals surface area contributed by atoms with Gasteiger partial charge < -0.3 is 19.7 Å². The van der Waals surface area contributed by atoms with Gasteiger partial charge in [-0.2, -0.15) is 0 Å². The Hall–Kier alpha value is -1.76. The van der Waals surface area contributed by atoms with E-state index in [4.69, 9.17) is 21.1 Å². The zero-order valence-electron chi connectivity index (χ0n) is 17.3. The van der Waals surface area contributed by atoms with Crippen molar-refractivity contribution in [1.82, 2.24) is 15.1 Å². The normalized spacial score (nSPS) is 16.9. The Balaban J connectivity index is 1.87. The Labute approximate surface area is 173 Å². The van der Waals surface area contributed by atoms with Crippen LogP contribution in [0.1, 0.15) is 26.3 Å². The van der Waals surface area contributed by atoms with Crippen molar-refractivity contribution in [3.05, 3.63) is 28.8 Å². The molecule has 7 heteroatoms. The average molecular weight is 410 g/mol. The van der Waals surface area contributed by atoms with E-state index >= 15 is 0 Å². The topological polar surface area (TPSA) is 54.0 Å². The highest BCUT2D eigenvalue weighted by Crippen LogP contribution is 2.36. The monoisotopic (exact) mass is 409 g/mol. The van der Waals surface area contributed by atoms with E-state index in [0.717, 1.165) is 38.3 Å². The first-order valence-electron chi connectivity index (χ1n) is 9.91. The lowest BCUT2D eigenvalue weighted by atomic mass is 10.2. The second kappa shape index (κ2) is 11.3. The second-order valence-corrected chi connectivity index (χ2v) is 7.27.